The summed E-state index contributed by atoms with van der Waals surface area (Å²) in [5, 5.41) is 3.64. The van der Waals surface area contributed by atoms with E-state index in [9.17, 15) is 13.6 Å². The highest BCUT2D eigenvalue weighted by molar-refractivity contribution is 5.91. The number of urea groups is 1. The van der Waals surface area contributed by atoms with Crippen LogP contribution in [0.1, 0.15) is 17.5 Å². The lowest BCUT2D eigenvalue weighted by molar-refractivity contribution is 0.202. The van der Waals surface area contributed by atoms with Crippen molar-refractivity contribution in [3.05, 3.63) is 71.6 Å². The van der Waals surface area contributed by atoms with Crippen molar-refractivity contribution in [2.45, 2.75) is 13.0 Å². The van der Waals surface area contributed by atoms with E-state index < -0.39 is 11.6 Å². The summed E-state index contributed by atoms with van der Waals surface area (Å²) in [5.41, 5.74) is 2.94. The van der Waals surface area contributed by atoms with Crippen LogP contribution >= 0.6 is 0 Å². The quantitative estimate of drug-likeness (QED) is 0.738. The summed E-state index contributed by atoms with van der Waals surface area (Å²) < 4.78 is 27.3. The first-order valence-electron chi connectivity index (χ1n) is 8.70. The molecule has 0 aliphatic carbocycles. The number of hydrogen-bond donors (Lipinski definition) is 2. The first kappa shape index (κ1) is 17.2. The van der Waals surface area contributed by atoms with Crippen LogP contribution in [0.15, 0.2) is 48.8 Å². The molecule has 1 aliphatic heterocycles. The van der Waals surface area contributed by atoms with Gasteiger partial charge in [0, 0.05) is 42.0 Å². The van der Waals surface area contributed by atoms with Gasteiger partial charge in [0.05, 0.1) is 6.54 Å². The molecule has 2 amide bonds. The van der Waals surface area contributed by atoms with Crippen LogP contribution in [0.25, 0.3) is 16.6 Å². The van der Waals surface area contributed by atoms with Gasteiger partial charge in [-0.2, -0.15) is 0 Å². The normalized spacial score (nSPS) is 14.3. The Morgan fingerprint density at radius 2 is 2.04 bits per heavy atom. The van der Waals surface area contributed by atoms with Crippen molar-refractivity contribution in [1.82, 2.24) is 20.2 Å². The first-order valence-corrected chi connectivity index (χ1v) is 8.70. The fourth-order valence-electron chi connectivity index (χ4n) is 3.30. The zero-order valence-electron chi connectivity index (χ0n) is 14.5. The molecule has 4 rings (SSSR count). The van der Waals surface area contributed by atoms with Gasteiger partial charge >= 0.3 is 6.03 Å². The molecule has 0 radical (unpaired) electrons. The van der Waals surface area contributed by atoms with Gasteiger partial charge in [-0.15, -0.1) is 0 Å². The summed E-state index contributed by atoms with van der Waals surface area (Å²) in [7, 11) is 0. The second-order valence-electron chi connectivity index (χ2n) is 6.39. The molecule has 0 unspecified atom stereocenters. The Bertz CT molecular complexity index is 1010. The van der Waals surface area contributed by atoms with E-state index >= 15 is 0 Å². The standard InChI is InChI=1S/C20H18F2N4O/c21-17-4-1-5-18(22)16(17)12-25-20(27)26-9-6-13(7-10-26)15-11-24-19-14(15)3-2-8-23-19/h1-6,8,11H,7,9-10,12H2,(H,23,24)(H,25,27). The molecule has 5 nitrogen and oxygen atoms in total. The highest BCUT2D eigenvalue weighted by atomic mass is 19.1. The van der Waals surface area contributed by atoms with Crippen LogP contribution < -0.4 is 5.32 Å². The lowest BCUT2D eigenvalue weighted by Crippen LogP contribution is -2.42. The van der Waals surface area contributed by atoms with E-state index in [2.05, 4.69) is 15.3 Å². The van der Waals surface area contributed by atoms with Gasteiger partial charge in [-0.3, -0.25) is 0 Å². The van der Waals surface area contributed by atoms with Crippen LogP contribution in [0.4, 0.5) is 13.6 Å². The van der Waals surface area contributed by atoms with E-state index in [0.717, 1.165) is 22.2 Å². The van der Waals surface area contributed by atoms with Crippen molar-refractivity contribution in [2.24, 2.45) is 0 Å². The summed E-state index contributed by atoms with van der Waals surface area (Å²) in [6, 6.07) is 7.22. The molecule has 1 aliphatic rings. The van der Waals surface area contributed by atoms with Crippen LogP contribution in [-0.4, -0.2) is 34.0 Å². The number of fused-ring (bicyclic) bond motifs is 1. The Kier molecular flexibility index (Phi) is 4.58. The molecular weight excluding hydrogens is 350 g/mol. The first-order chi connectivity index (χ1) is 13.1. The minimum atomic E-state index is -0.663. The molecule has 2 N–H and O–H groups in total. The molecule has 138 valence electrons. The Morgan fingerprint density at radius 3 is 2.78 bits per heavy atom. The predicted molar refractivity (Wildman–Crippen MR) is 98.9 cm³/mol. The maximum absolute atomic E-state index is 13.7. The predicted octanol–water partition coefficient (Wildman–Crippen LogP) is 3.84. The summed E-state index contributed by atoms with van der Waals surface area (Å²) in [5.74, 6) is -1.33. The Morgan fingerprint density at radius 1 is 1.22 bits per heavy atom. The molecule has 7 heteroatoms. The van der Waals surface area contributed by atoms with Gasteiger partial charge in [0.2, 0.25) is 0 Å². The van der Waals surface area contributed by atoms with Gasteiger partial charge in [-0.25, -0.2) is 18.6 Å². The molecule has 0 spiro atoms. The number of amides is 2. The molecule has 0 saturated carbocycles. The van der Waals surface area contributed by atoms with Crippen molar-refractivity contribution < 1.29 is 13.6 Å². The Hall–Kier alpha value is -3.22. The van der Waals surface area contributed by atoms with Crippen molar-refractivity contribution in [3.8, 4) is 0 Å². The molecule has 2 aromatic heterocycles. The van der Waals surface area contributed by atoms with Crippen LogP contribution in [0.3, 0.4) is 0 Å². The minimum absolute atomic E-state index is 0.134. The van der Waals surface area contributed by atoms with Crippen molar-refractivity contribution in [2.75, 3.05) is 13.1 Å². The van der Waals surface area contributed by atoms with Crippen LogP contribution in [0.2, 0.25) is 0 Å². The number of carbonyl (C=O) groups is 1. The number of hydrogen-bond acceptors (Lipinski definition) is 2. The molecule has 3 heterocycles. The lowest BCUT2D eigenvalue weighted by Gasteiger charge is -2.26. The minimum Gasteiger partial charge on any atom is -0.346 e. The summed E-state index contributed by atoms with van der Waals surface area (Å²) in [4.78, 5) is 21.4. The van der Waals surface area contributed by atoms with Crippen molar-refractivity contribution >= 4 is 22.6 Å². The number of pyridine rings is 1. The number of halogens is 2. The third kappa shape index (κ3) is 3.40. The average molecular weight is 368 g/mol. The van der Waals surface area contributed by atoms with Crippen LogP contribution in [0.5, 0.6) is 0 Å². The number of H-pyrrole nitrogens is 1. The number of carbonyl (C=O) groups excluding carboxylic acids is 1. The summed E-state index contributed by atoms with van der Waals surface area (Å²) in [6.45, 7) is 0.788. The van der Waals surface area contributed by atoms with Gasteiger partial charge in [0.25, 0.3) is 0 Å². The van der Waals surface area contributed by atoms with E-state index in [4.69, 9.17) is 0 Å². The SMILES string of the molecule is O=C(NCc1c(F)cccc1F)N1CC=C(c2c[nH]c3ncccc23)CC1. The third-order valence-electron chi connectivity index (χ3n) is 4.77. The Labute approximate surface area is 154 Å². The van der Waals surface area contributed by atoms with Crippen LogP contribution in [-0.2, 0) is 6.54 Å². The van der Waals surface area contributed by atoms with E-state index in [0.29, 0.717) is 19.5 Å². The van der Waals surface area contributed by atoms with Gasteiger partial charge < -0.3 is 15.2 Å². The van der Waals surface area contributed by atoms with Gasteiger partial charge in [-0.05, 0) is 36.3 Å². The molecule has 0 fully saturated rings. The van der Waals surface area contributed by atoms with Crippen LogP contribution in [0, 0.1) is 11.6 Å². The smallest absolute Gasteiger partial charge is 0.317 e. The fourth-order valence-corrected chi connectivity index (χ4v) is 3.30. The highest BCUT2D eigenvalue weighted by Crippen LogP contribution is 2.28. The van der Waals surface area contributed by atoms with E-state index in [-0.39, 0.29) is 18.1 Å². The molecule has 0 bridgehead atoms. The Balaban J connectivity index is 1.42. The monoisotopic (exact) mass is 368 g/mol. The van der Waals surface area contributed by atoms with E-state index in [1.807, 2.05) is 24.4 Å². The van der Waals surface area contributed by atoms with Crippen molar-refractivity contribution in [1.29, 1.82) is 0 Å². The number of aromatic amines is 1. The largest absolute Gasteiger partial charge is 0.346 e. The molecule has 3 aromatic rings. The molecule has 0 saturated heterocycles. The molecular formula is C20H18F2N4O. The molecule has 1 aromatic carbocycles. The van der Waals surface area contributed by atoms with Gasteiger partial charge in [0.15, 0.2) is 0 Å². The van der Waals surface area contributed by atoms with Gasteiger partial charge in [-0.1, -0.05) is 12.1 Å². The number of aromatic nitrogens is 2. The topological polar surface area (TPSA) is 61.0 Å². The van der Waals surface area contributed by atoms with E-state index in [1.54, 1.807) is 11.1 Å². The van der Waals surface area contributed by atoms with E-state index in [1.165, 1.54) is 18.2 Å². The maximum atomic E-state index is 13.7. The number of nitrogens with zero attached hydrogens (tertiary/aromatic N) is 2. The zero-order chi connectivity index (χ0) is 18.8. The summed E-state index contributed by atoms with van der Waals surface area (Å²) >= 11 is 0. The molecule has 27 heavy (non-hydrogen) atoms. The zero-order valence-corrected chi connectivity index (χ0v) is 14.5. The number of benzene rings is 1. The lowest BCUT2D eigenvalue weighted by atomic mass is 10.00. The third-order valence-corrected chi connectivity index (χ3v) is 4.77. The summed E-state index contributed by atoms with van der Waals surface area (Å²) in [6.07, 6.45) is 6.37. The number of nitrogens with one attached hydrogen (secondary N) is 2. The fraction of sp³-hybridized carbons (Fsp3) is 0.200. The average Bonchev–Trinajstić information content (AvgIpc) is 3.12. The van der Waals surface area contributed by atoms with Crippen molar-refractivity contribution in [3.63, 3.8) is 0 Å². The van der Waals surface area contributed by atoms with Gasteiger partial charge in [0.1, 0.15) is 17.3 Å². The number of rotatable bonds is 3. The second-order valence-corrected chi connectivity index (χ2v) is 6.39. The maximum Gasteiger partial charge on any atom is 0.317 e. The second kappa shape index (κ2) is 7.19. The molecule has 0 atom stereocenters. The highest BCUT2D eigenvalue weighted by Gasteiger charge is 2.20.